The average Bonchev–Trinajstić information content (AvgIpc) is 3.37. The molecular formula is C24H38N2O6. The van der Waals surface area contributed by atoms with Gasteiger partial charge in [-0.3, -0.25) is 14.4 Å². The molecule has 180 valence electrons. The highest BCUT2D eigenvalue weighted by atomic mass is 16.5. The summed E-state index contributed by atoms with van der Waals surface area (Å²) in [5.74, 6) is -3.60. The maximum atomic E-state index is 14.1. The number of carboxylic acids is 1. The molecule has 2 amide bonds. The van der Waals surface area contributed by atoms with Crippen LogP contribution in [0.5, 0.6) is 0 Å². The maximum Gasteiger partial charge on any atom is 0.310 e. The van der Waals surface area contributed by atoms with Crippen LogP contribution in [-0.2, 0) is 19.1 Å². The van der Waals surface area contributed by atoms with Gasteiger partial charge in [-0.1, -0.05) is 33.3 Å². The van der Waals surface area contributed by atoms with E-state index in [0.717, 1.165) is 12.8 Å². The molecule has 3 aliphatic rings. The topological polar surface area (TPSA) is 107 Å². The Bertz CT molecular complexity index is 768. The molecule has 3 rings (SSSR count). The minimum atomic E-state index is -1.18. The molecule has 3 saturated heterocycles. The molecular weight excluding hydrogens is 412 g/mol. The zero-order valence-electron chi connectivity index (χ0n) is 19.7. The molecule has 0 aliphatic carbocycles. The number of rotatable bonds is 11. The lowest BCUT2D eigenvalue weighted by Crippen LogP contribution is -2.60. The van der Waals surface area contributed by atoms with Crippen LogP contribution in [0.2, 0.25) is 0 Å². The Labute approximate surface area is 190 Å². The lowest BCUT2D eigenvalue weighted by Gasteiger charge is -2.41. The van der Waals surface area contributed by atoms with Crippen LogP contribution in [0, 0.1) is 11.8 Å². The molecule has 0 aromatic heterocycles. The van der Waals surface area contributed by atoms with Gasteiger partial charge in [-0.25, -0.2) is 0 Å². The van der Waals surface area contributed by atoms with E-state index in [0.29, 0.717) is 32.2 Å². The van der Waals surface area contributed by atoms with Crippen LogP contribution in [0.4, 0.5) is 0 Å². The molecule has 0 radical (unpaired) electrons. The molecule has 3 unspecified atom stereocenters. The normalized spacial score (nSPS) is 35.0. The van der Waals surface area contributed by atoms with Gasteiger partial charge in [0, 0.05) is 12.6 Å². The minimum absolute atomic E-state index is 0.0684. The molecule has 2 bridgehead atoms. The van der Waals surface area contributed by atoms with Crippen molar-refractivity contribution >= 4 is 17.8 Å². The van der Waals surface area contributed by atoms with Crippen LogP contribution in [0.3, 0.4) is 0 Å². The number of carbonyl (C=O) groups excluding carboxylic acids is 2. The van der Waals surface area contributed by atoms with E-state index in [1.807, 2.05) is 20.8 Å². The molecule has 0 aromatic carbocycles. The van der Waals surface area contributed by atoms with Gasteiger partial charge in [0.05, 0.1) is 24.2 Å². The van der Waals surface area contributed by atoms with Crippen molar-refractivity contribution < 1.29 is 29.3 Å². The van der Waals surface area contributed by atoms with Crippen LogP contribution >= 0.6 is 0 Å². The second-order valence-electron chi connectivity index (χ2n) is 9.58. The molecule has 2 N–H and O–H groups in total. The summed E-state index contributed by atoms with van der Waals surface area (Å²) in [5, 5.41) is 20.1. The first kappa shape index (κ1) is 24.7. The predicted octanol–water partition coefficient (Wildman–Crippen LogP) is 2.20. The van der Waals surface area contributed by atoms with Crippen LogP contribution in [-0.4, -0.2) is 80.3 Å². The van der Waals surface area contributed by atoms with Gasteiger partial charge in [0.25, 0.3) is 0 Å². The summed E-state index contributed by atoms with van der Waals surface area (Å²) in [6, 6.07) is -1.59. The minimum Gasteiger partial charge on any atom is -0.481 e. The maximum absolute atomic E-state index is 14.1. The lowest BCUT2D eigenvalue weighted by atomic mass is 9.65. The largest absolute Gasteiger partial charge is 0.481 e. The molecule has 3 fully saturated rings. The van der Waals surface area contributed by atoms with Crippen LogP contribution in [0.25, 0.3) is 0 Å². The highest BCUT2D eigenvalue weighted by Crippen LogP contribution is 2.64. The van der Waals surface area contributed by atoms with E-state index in [2.05, 4.69) is 13.5 Å². The van der Waals surface area contributed by atoms with Crippen molar-refractivity contribution in [1.29, 1.82) is 0 Å². The number of aliphatic hydroxyl groups excluding tert-OH is 1. The number of carboxylic acid groups (broad SMARTS) is 1. The Kier molecular flexibility index (Phi) is 7.05. The van der Waals surface area contributed by atoms with Crippen LogP contribution in [0.1, 0.15) is 66.2 Å². The summed E-state index contributed by atoms with van der Waals surface area (Å²) in [7, 11) is 0. The number of nitrogens with zero attached hydrogens (tertiary/aromatic N) is 2. The predicted molar refractivity (Wildman–Crippen MR) is 119 cm³/mol. The van der Waals surface area contributed by atoms with Gasteiger partial charge in [-0.2, -0.15) is 0 Å². The first-order chi connectivity index (χ1) is 15.2. The summed E-state index contributed by atoms with van der Waals surface area (Å²) in [5.41, 5.74) is -2.11. The number of ether oxygens (including phenoxy) is 1. The SMILES string of the molecule is C=CCN(C(=O)C1N([C@@H](CC)CO)C(=O)[C@@H]2[C@H](C(=O)O)[C@]3(CC)CCC12O3)C(C)CCC. The Morgan fingerprint density at radius 3 is 2.53 bits per heavy atom. The third kappa shape index (κ3) is 3.37. The van der Waals surface area contributed by atoms with E-state index in [1.165, 1.54) is 4.90 Å². The molecule has 7 atom stereocenters. The van der Waals surface area contributed by atoms with E-state index in [1.54, 1.807) is 11.0 Å². The van der Waals surface area contributed by atoms with E-state index in [9.17, 15) is 24.6 Å². The summed E-state index contributed by atoms with van der Waals surface area (Å²) >= 11 is 0. The summed E-state index contributed by atoms with van der Waals surface area (Å²) in [4.78, 5) is 43.4. The van der Waals surface area contributed by atoms with E-state index in [4.69, 9.17) is 4.74 Å². The van der Waals surface area contributed by atoms with Gasteiger partial charge in [0.15, 0.2) is 0 Å². The third-order valence-electron chi connectivity index (χ3n) is 8.04. The Morgan fingerprint density at radius 2 is 2.03 bits per heavy atom. The fraction of sp³-hybridized carbons (Fsp3) is 0.792. The molecule has 3 heterocycles. The number of aliphatic hydroxyl groups is 1. The van der Waals surface area contributed by atoms with Crippen molar-refractivity contribution in [2.24, 2.45) is 11.8 Å². The average molecular weight is 451 g/mol. The van der Waals surface area contributed by atoms with Crippen molar-refractivity contribution in [2.75, 3.05) is 13.2 Å². The van der Waals surface area contributed by atoms with Gasteiger partial charge >= 0.3 is 5.97 Å². The number of fused-ring (bicyclic) bond motifs is 1. The molecule has 0 aromatic rings. The zero-order valence-corrected chi connectivity index (χ0v) is 19.7. The molecule has 8 heteroatoms. The molecule has 0 saturated carbocycles. The second-order valence-corrected chi connectivity index (χ2v) is 9.58. The second kappa shape index (κ2) is 9.14. The van der Waals surface area contributed by atoms with Crippen molar-refractivity contribution in [1.82, 2.24) is 9.80 Å². The molecule has 32 heavy (non-hydrogen) atoms. The Balaban J connectivity index is 2.14. The van der Waals surface area contributed by atoms with Crippen molar-refractivity contribution in [2.45, 2.75) is 95.5 Å². The number of aliphatic carboxylic acids is 1. The summed E-state index contributed by atoms with van der Waals surface area (Å²) < 4.78 is 6.54. The number of amides is 2. The Morgan fingerprint density at radius 1 is 1.34 bits per heavy atom. The van der Waals surface area contributed by atoms with Gasteiger partial charge in [0.1, 0.15) is 17.6 Å². The number of carbonyl (C=O) groups is 3. The smallest absolute Gasteiger partial charge is 0.310 e. The van der Waals surface area contributed by atoms with Crippen molar-refractivity contribution in [3.05, 3.63) is 12.7 Å². The molecule has 8 nitrogen and oxygen atoms in total. The zero-order chi connectivity index (χ0) is 23.8. The highest BCUT2D eigenvalue weighted by Gasteiger charge is 2.79. The van der Waals surface area contributed by atoms with Crippen LogP contribution < -0.4 is 0 Å². The van der Waals surface area contributed by atoms with E-state index >= 15 is 0 Å². The van der Waals surface area contributed by atoms with Gasteiger partial charge in [0.2, 0.25) is 11.8 Å². The first-order valence-corrected chi connectivity index (χ1v) is 12.0. The van der Waals surface area contributed by atoms with E-state index in [-0.39, 0.29) is 24.5 Å². The lowest BCUT2D eigenvalue weighted by molar-refractivity contribution is -0.161. The highest BCUT2D eigenvalue weighted by molar-refractivity contribution is 5.98. The standard InChI is InChI=1S/C24H38N2O6/c1-6-10-15(5)25(13-7-2)21(29)19-24-12-11-23(9-4,32-24)18(22(30)31)17(24)20(28)26(19)16(8-3)14-27/h7,15-19,27H,2,6,8-14H2,1,3-5H3,(H,30,31)/t15?,16-,17-,18+,19?,23-,24?/m0/s1. The summed E-state index contributed by atoms with van der Waals surface area (Å²) in [6.45, 7) is 11.6. The Hall–Kier alpha value is -1.93. The van der Waals surface area contributed by atoms with E-state index < -0.39 is 41.1 Å². The van der Waals surface area contributed by atoms with Crippen molar-refractivity contribution in [3.8, 4) is 0 Å². The summed E-state index contributed by atoms with van der Waals surface area (Å²) in [6.07, 6.45) is 5.25. The fourth-order valence-electron chi connectivity index (χ4n) is 6.47. The molecule has 3 aliphatic heterocycles. The first-order valence-electron chi connectivity index (χ1n) is 12.0. The fourth-order valence-corrected chi connectivity index (χ4v) is 6.47. The quantitative estimate of drug-likeness (QED) is 0.467. The van der Waals surface area contributed by atoms with Crippen LogP contribution in [0.15, 0.2) is 12.7 Å². The van der Waals surface area contributed by atoms with Gasteiger partial charge < -0.3 is 24.7 Å². The molecule has 1 spiro atoms. The van der Waals surface area contributed by atoms with Crippen molar-refractivity contribution in [3.63, 3.8) is 0 Å². The van der Waals surface area contributed by atoms with Gasteiger partial charge in [-0.05, 0) is 39.0 Å². The number of likely N-dealkylation sites (tertiary alicyclic amines) is 1. The number of hydrogen-bond acceptors (Lipinski definition) is 5. The third-order valence-corrected chi connectivity index (χ3v) is 8.04. The van der Waals surface area contributed by atoms with Gasteiger partial charge in [-0.15, -0.1) is 6.58 Å². The monoisotopic (exact) mass is 450 g/mol. The number of hydrogen-bond donors (Lipinski definition) is 2.